The number of carbonyl (C=O) groups is 1. The highest BCUT2D eigenvalue weighted by Crippen LogP contribution is 2.26. The Kier molecular flexibility index (Phi) is 6.59. The van der Waals surface area contributed by atoms with Crippen LogP contribution in [0.2, 0.25) is 0 Å². The van der Waals surface area contributed by atoms with E-state index in [1.165, 1.54) is 9.21 Å². The zero-order valence-electron chi connectivity index (χ0n) is 17.3. The van der Waals surface area contributed by atoms with Crippen molar-refractivity contribution >= 4 is 21.6 Å². The molecular formula is C22H30N3O3S+. The molecule has 1 aliphatic rings. The smallest absolute Gasteiger partial charge is 0.264 e. The Bertz CT molecular complexity index is 920. The van der Waals surface area contributed by atoms with Crippen LogP contribution in [0.5, 0.6) is 0 Å². The molecule has 1 N–H and O–H groups in total. The van der Waals surface area contributed by atoms with Crippen LogP contribution < -0.4 is 9.21 Å². The molecule has 1 amide bonds. The summed E-state index contributed by atoms with van der Waals surface area (Å²) in [6.45, 7) is 7.03. The fourth-order valence-electron chi connectivity index (χ4n) is 3.42. The number of likely N-dealkylation sites (N-methyl/N-ethyl adjacent to an activating group) is 1. The Labute approximate surface area is 173 Å². The fraction of sp³-hybridized carbons (Fsp3) is 0.409. The van der Waals surface area contributed by atoms with Crippen molar-refractivity contribution in [3.05, 3.63) is 60.2 Å². The quantitative estimate of drug-likeness (QED) is 0.774. The Morgan fingerprint density at radius 2 is 1.62 bits per heavy atom. The maximum Gasteiger partial charge on any atom is 0.264 e. The average molecular weight is 417 g/mol. The molecule has 0 saturated carbocycles. The Hall–Kier alpha value is -2.38. The van der Waals surface area contributed by atoms with Crippen molar-refractivity contribution in [2.45, 2.75) is 24.7 Å². The highest BCUT2D eigenvalue weighted by atomic mass is 32.2. The highest BCUT2D eigenvalue weighted by molar-refractivity contribution is 7.92. The van der Waals surface area contributed by atoms with Crippen LogP contribution in [0.15, 0.2) is 59.5 Å². The molecule has 0 aromatic heterocycles. The van der Waals surface area contributed by atoms with E-state index in [1.54, 1.807) is 47.4 Å². The third-order valence-electron chi connectivity index (χ3n) is 5.43. The number of nitrogens with zero attached hydrogens (tertiary/aromatic N) is 2. The monoisotopic (exact) mass is 416 g/mol. The second kappa shape index (κ2) is 8.97. The zero-order chi connectivity index (χ0) is 21.0. The number of rotatable bonds is 6. The molecule has 0 spiro atoms. The van der Waals surface area contributed by atoms with Gasteiger partial charge in [-0.05, 0) is 35.7 Å². The molecule has 3 rings (SSSR count). The predicted octanol–water partition coefficient (Wildman–Crippen LogP) is 1.36. The van der Waals surface area contributed by atoms with Gasteiger partial charge in [-0.3, -0.25) is 9.10 Å². The summed E-state index contributed by atoms with van der Waals surface area (Å²) in [5.41, 5.74) is 1.63. The number of amides is 1. The van der Waals surface area contributed by atoms with Crippen molar-refractivity contribution in [3.63, 3.8) is 0 Å². The average Bonchev–Trinajstić information content (AvgIpc) is 2.73. The molecule has 2 aromatic carbocycles. The number of sulfonamides is 1. The lowest BCUT2D eigenvalue weighted by Gasteiger charge is -2.32. The fourth-order valence-corrected chi connectivity index (χ4v) is 4.86. The molecule has 0 atom stereocenters. The van der Waals surface area contributed by atoms with Crippen LogP contribution in [0, 0.1) is 0 Å². The van der Waals surface area contributed by atoms with E-state index < -0.39 is 10.0 Å². The van der Waals surface area contributed by atoms with Crippen LogP contribution in [-0.2, 0) is 14.8 Å². The van der Waals surface area contributed by atoms with E-state index in [-0.39, 0.29) is 17.3 Å². The van der Waals surface area contributed by atoms with Crippen molar-refractivity contribution < 1.29 is 18.1 Å². The lowest BCUT2D eigenvalue weighted by Crippen LogP contribution is -3.12. The summed E-state index contributed by atoms with van der Waals surface area (Å²) >= 11 is 0. The second-order valence-corrected chi connectivity index (χ2v) is 9.77. The molecule has 6 nitrogen and oxygen atoms in total. The first-order valence-electron chi connectivity index (χ1n) is 10.1. The van der Waals surface area contributed by atoms with Gasteiger partial charge in [0.15, 0.2) is 0 Å². The number of benzene rings is 2. The molecule has 1 heterocycles. The van der Waals surface area contributed by atoms with Gasteiger partial charge in [0, 0.05) is 0 Å². The van der Waals surface area contributed by atoms with Crippen molar-refractivity contribution in [3.8, 4) is 0 Å². The molecule has 1 saturated heterocycles. The van der Waals surface area contributed by atoms with Gasteiger partial charge in [0.1, 0.15) is 6.54 Å². The van der Waals surface area contributed by atoms with Gasteiger partial charge in [0.05, 0.1) is 43.8 Å². The minimum Gasteiger partial charge on any atom is -0.334 e. The normalized spacial score (nSPS) is 15.5. The molecule has 156 valence electrons. The maximum absolute atomic E-state index is 13.4. The standard InChI is InChI=1S/C22H29N3O3S/c1-18(2)19-9-11-20(12-10-19)25(29(27,28)21-7-5-4-6-8-21)17-22(26)24-15-13-23(3)14-16-24/h4-12,18H,13-17H2,1-3H3/p+1. The number of anilines is 1. The van der Waals surface area contributed by atoms with E-state index in [1.807, 2.05) is 12.1 Å². The van der Waals surface area contributed by atoms with Crippen molar-refractivity contribution in [1.29, 1.82) is 0 Å². The Morgan fingerprint density at radius 3 is 2.17 bits per heavy atom. The topological polar surface area (TPSA) is 62.1 Å². The number of hydrogen-bond acceptors (Lipinski definition) is 3. The van der Waals surface area contributed by atoms with Gasteiger partial charge in [-0.15, -0.1) is 0 Å². The van der Waals surface area contributed by atoms with Gasteiger partial charge in [0.2, 0.25) is 5.91 Å². The van der Waals surface area contributed by atoms with Crippen LogP contribution in [0.25, 0.3) is 0 Å². The van der Waals surface area contributed by atoms with Gasteiger partial charge in [0.25, 0.3) is 10.0 Å². The van der Waals surface area contributed by atoms with Crippen LogP contribution >= 0.6 is 0 Å². The number of piperazine rings is 1. The van der Waals surface area contributed by atoms with Crippen molar-refractivity contribution in [2.24, 2.45) is 0 Å². The highest BCUT2D eigenvalue weighted by Gasteiger charge is 2.30. The number of hydrogen-bond donors (Lipinski definition) is 1. The molecule has 0 radical (unpaired) electrons. The van der Waals surface area contributed by atoms with Gasteiger partial charge >= 0.3 is 0 Å². The molecule has 7 heteroatoms. The van der Waals surface area contributed by atoms with Gasteiger partial charge in [-0.25, -0.2) is 8.42 Å². The summed E-state index contributed by atoms with van der Waals surface area (Å²) < 4.78 is 28.0. The molecule has 0 aliphatic carbocycles. The summed E-state index contributed by atoms with van der Waals surface area (Å²) in [5.74, 6) is 0.183. The largest absolute Gasteiger partial charge is 0.334 e. The minimum absolute atomic E-state index is 0.162. The van der Waals surface area contributed by atoms with Crippen molar-refractivity contribution in [2.75, 3.05) is 44.1 Å². The van der Waals surface area contributed by atoms with Gasteiger partial charge in [-0.2, -0.15) is 0 Å². The molecule has 1 aliphatic heterocycles. The van der Waals surface area contributed by atoms with E-state index in [2.05, 4.69) is 20.9 Å². The predicted molar refractivity (Wildman–Crippen MR) is 115 cm³/mol. The third-order valence-corrected chi connectivity index (χ3v) is 7.22. The molecule has 0 bridgehead atoms. The van der Waals surface area contributed by atoms with E-state index in [0.717, 1.165) is 18.7 Å². The Morgan fingerprint density at radius 1 is 1.03 bits per heavy atom. The summed E-state index contributed by atoms with van der Waals surface area (Å²) in [5, 5.41) is 0. The van der Waals surface area contributed by atoms with E-state index in [9.17, 15) is 13.2 Å². The molecule has 1 fully saturated rings. The summed E-state index contributed by atoms with van der Waals surface area (Å²) in [6, 6.07) is 15.7. The first-order chi connectivity index (χ1) is 13.8. The van der Waals surface area contributed by atoms with Crippen LogP contribution in [-0.4, -0.2) is 59.0 Å². The molecular weight excluding hydrogens is 386 g/mol. The summed E-state index contributed by atoms with van der Waals surface area (Å²) in [7, 11) is -1.75. The summed E-state index contributed by atoms with van der Waals surface area (Å²) in [4.78, 5) is 16.3. The van der Waals surface area contributed by atoms with Crippen LogP contribution in [0.1, 0.15) is 25.3 Å². The van der Waals surface area contributed by atoms with Crippen molar-refractivity contribution in [1.82, 2.24) is 4.90 Å². The van der Waals surface area contributed by atoms with Gasteiger partial charge in [-0.1, -0.05) is 44.2 Å². The molecule has 0 unspecified atom stereocenters. The van der Waals surface area contributed by atoms with E-state index in [0.29, 0.717) is 24.7 Å². The van der Waals surface area contributed by atoms with Gasteiger partial charge < -0.3 is 9.80 Å². The Balaban J connectivity index is 1.92. The lowest BCUT2D eigenvalue weighted by atomic mass is 10.0. The number of nitrogens with one attached hydrogen (secondary N) is 1. The zero-order valence-corrected chi connectivity index (χ0v) is 18.2. The van der Waals surface area contributed by atoms with E-state index in [4.69, 9.17) is 0 Å². The first kappa shape index (κ1) is 21.3. The SMILES string of the molecule is CC(C)c1ccc(N(CC(=O)N2CC[NH+](C)CC2)S(=O)(=O)c2ccccc2)cc1. The lowest BCUT2D eigenvalue weighted by molar-refractivity contribution is -0.883. The number of quaternary nitrogens is 1. The molecule has 2 aromatic rings. The van der Waals surface area contributed by atoms with Crippen LogP contribution in [0.3, 0.4) is 0 Å². The molecule has 29 heavy (non-hydrogen) atoms. The van der Waals surface area contributed by atoms with E-state index >= 15 is 0 Å². The maximum atomic E-state index is 13.4. The number of carbonyl (C=O) groups excluding carboxylic acids is 1. The van der Waals surface area contributed by atoms with Crippen LogP contribution in [0.4, 0.5) is 5.69 Å². The second-order valence-electron chi connectivity index (χ2n) is 7.91. The first-order valence-corrected chi connectivity index (χ1v) is 11.5. The summed E-state index contributed by atoms with van der Waals surface area (Å²) in [6.07, 6.45) is 0. The third kappa shape index (κ3) is 4.97. The minimum atomic E-state index is -3.85.